The highest BCUT2D eigenvalue weighted by Gasteiger charge is 2.23. The van der Waals surface area contributed by atoms with Gasteiger partial charge >= 0.3 is 0 Å². The first-order valence-electron chi connectivity index (χ1n) is 8.91. The molecule has 1 aliphatic rings. The molecule has 1 aromatic heterocycles. The third-order valence-corrected chi connectivity index (χ3v) is 4.75. The number of hydrogen-bond donors (Lipinski definition) is 1. The van der Waals surface area contributed by atoms with E-state index >= 15 is 0 Å². The van der Waals surface area contributed by atoms with E-state index in [-0.39, 0.29) is 17.4 Å². The molecule has 142 valence electrons. The molecule has 1 saturated heterocycles. The van der Waals surface area contributed by atoms with Crippen LogP contribution in [0.15, 0.2) is 47.2 Å². The van der Waals surface area contributed by atoms with Gasteiger partial charge in [-0.15, -0.1) is 0 Å². The van der Waals surface area contributed by atoms with Crippen molar-refractivity contribution in [3.8, 4) is 28.5 Å². The highest BCUT2D eigenvalue weighted by Crippen LogP contribution is 2.37. The third-order valence-electron chi connectivity index (χ3n) is 4.75. The van der Waals surface area contributed by atoms with E-state index in [1.54, 1.807) is 18.2 Å². The number of hydrogen-bond acceptors (Lipinski definition) is 5. The molecule has 0 unspecified atom stereocenters. The maximum Gasteiger partial charge on any atom is 0.259 e. The number of aromatic nitrogens is 1. The lowest BCUT2D eigenvalue weighted by Crippen LogP contribution is -2.39. The minimum absolute atomic E-state index is 0.000800. The van der Waals surface area contributed by atoms with Crippen molar-refractivity contribution in [2.45, 2.75) is 12.5 Å². The van der Waals surface area contributed by atoms with Gasteiger partial charge < -0.3 is 14.5 Å². The smallest absolute Gasteiger partial charge is 0.259 e. The van der Waals surface area contributed by atoms with Gasteiger partial charge in [0.25, 0.3) is 5.95 Å². The van der Waals surface area contributed by atoms with Gasteiger partial charge in [0, 0.05) is 25.1 Å². The molecule has 1 atom stereocenters. The summed E-state index contributed by atoms with van der Waals surface area (Å²) in [7, 11) is 0. The van der Waals surface area contributed by atoms with Crippen molar-refractivity contribution in [1.29, 1.82) is 5.26 Å². The molecule has 0 saturated carbocycles. The summed E-state index contributed by atoms with van der Waals surface area (Å²) in [6.07, 6.45) is 1.52. The van der Waals surface area contributed by atoms with E-state index in [1.165, 1.54) is 12.1 Å². The van der Waals surface area contributed by atoms with Gasteiger partial charge in [0.05, 0.1) is 18.3 Å². The second kappa shape index (κ2) is 7.89. The molecule has 0 amide bonds. The molecule has 1 N–H and O–H groups in total. The topological polar surface area (TPSA) is 71.1 Å². The number of nitrogens with zero attached hydrogens (tertiary/aromatic N) is 2. The number of nitrogens with one attached hydrogen (secondary N) is 1. The Hall–Kier alpha value is -3.08. The van der Waals surface area contributed by atoms with Gasteiger partial charge in [-0.1, -0.05) is 24.3 Å². The zero-order valence-corrected chi connectivity index (χ0v) is 14.9. The summed E-state index contributed by atoms with van der Waals surface area (Å²) in [5.41, 5.74) is 2.39. The number of benzene rings is 2. The zero-order valence-electron chi connectivity index (χ0n) is 14.9. The van der Waals surface area contributed by atoms with Gasteiger partial charge in [-0.2, -0.15) is 14.6 Å². The molecular formula is C21H17F2N3O2. The van der Waals surface area contributed by atoms with Crippen molar-refractivity contribution in [3.63, 3.8) is 0 Å². The zero-order chi connectivity index (χ0) is 19.5. The quantitative estimate of drug-likeness (QED) is 0.746. The first-order chi connectivity index (χ1) is 13.7. The van der Waals surface area contributed by atoms with Crippen molar-refractivity contribution in [2.24, 2.45) is 0 Å². The number of rotatable bonds is 4. The maximum atomic E-state index is 14.3. The minimum Gasteiger partial charge on any atom is -0.440 e. The third kappa shape index (κ3) is 3.52. The second-order valence-corrected chi connectivity index (χ2v) is 6.52. The van der Waals surface area contributed by atoms with E-state index in [9.17, 15) is 8.78 Å². The van der Waals surface area contributed by atoms with E-state index in [2.05, 4.69) is 10.3 Å². The summed E-state index contributed by atoms with van der Waals surface area (Å²) in [4.78, 5) is 3.57. The molecular weight excluding hydrogens is 364 g/mol. The van der Waals surface area contributed by atoms with Gasteiger partial charge in [0.1, 0.15) is 11.9 Å². The molecule has 1 fully saturated rings. The van der Waals surface area contributed by atoms with Crippen LogP contribution in [-0.4, -0.2) is 30.8 Å². The largest absolute Gasteiger partial charge is 0.440 e. The van der Waals surface area contributed by atoms with Gasteiger partial charge in [0.15, 0.2) is 12.2 Å². The molecule has 0 radical (unpaired) electrons. The molecule has 0 aliphatic carbocycles. The summed E-state index contributed by atoms with van der Waals surface area (Å²) >= 11 is 0. The predicted octanol–water partition coefficient (Wildman–Crippen LogP) is 3.69. The Kier molecular flexibility index (Phi) is 5.15. The maximum absolute atomic E-state index is 14.3. The fourth-order valence-corrected chi connectivity index (χ4v) is 3.44. The molecule has 1 aliphatic heterocycles. The summed E-state index contributed by atoms with van der Waals surface area (Å²) in [6, 6.07) is 11.6. The van der Waals surface area contributed by atoms with E-state index in [0.717, 1.165) is 18.5 Å². The van der Waals surface area contributed by atoms with Gasteiger partial charge in [-0.25, -0.2) is 4.39 Å². The lowest BCUT2D eigenvalue weighted by molar-refractivity contribution is 0.0293. The van der Waals surface area contributed by atoms with E-state index in [0.29, 0.717) is 36.3 Å². The van der Waals surface area contributed by atoms with Crippen molar-refractivity contribution in [1.82, 2.24) is 10.3 Å². The van der Waals surface area contributed by atoms with E-state index < -0.39 is 11.8 Å². The van der Waals surface area contributed by atoms with Crippen LogP contribution in [0.5, 0.6) is 0 Å². The Morgan fingerprint density at radius 3 is 2.82 bits per heavy atom. The van der Waals surface area contributed by atoms with Crippen LogP contribution in [0.4, 0.5) is 8.78 Å². The fourth-order valence-electron chi connectivity index (χ4n) is 3.44. The van der Waals surface area contributed by atoms with Crippen LogP contribution in [0.25, 0.3) is 22.5 Å². The average molecular weight is 381 g/mol. The Morgan fingerprint density at radius 2 is 2.14 bits per heavy atom. The first-order valence-corrected chi connectivity index (χ1v) is 8.91. The molecule has 0 bridgehead atoms. The monoisotopic (exact) mass is 381 g/mol. The SMILES string of the molecule is N#Cc1ccc(-c2cccc(C[C@H]3CNCCO3)c2-c2ocnc2F)cc1F. The molecule has 2 heterocycles. The summed E-state index contributed by atoms with van der Waals surface area (Å²) in [5.74, 6) is -1.36. The Labute approximate surface area is 160 Å². The van der Waals surface area contributed by atoms with Crippen LogP contribution in [-0.2, 0) is 11.2 Å². The van der Waals surface area contributed by atoms with E-state index in [1.807, 2.05) is 12.1 Å². The van der Waals surface area contributed by atoms with Gasteiger partial charge in [-0.05, 0) is 28.8 Å². The molecule has 3 aromatic rings. The number of morpholine rings is 1. The standard InChI is InChI=1S/C21H17F2N3O2/c22-18-9-13(4-5-15(18)10-24)17-3-1-2-14(8-16-11-25-6-7-27-16)19(17)20-21(23)26-12-28-20/h1-5,9,12,16,25H,6-8,11H2/t16-/m0/s1. The highest BCUT2D eigenvalue weighted by molar-refractivity contribution is 5.84. The predicted molar refractivity (Wildman–Crippen MR) is 98.3 cm³/mol. The van der Waals surface area contributed by atoms with Crippen LogP contribution in [0.3, 0.4) is 0 Å². The Morgan fingerprint density at radius 1 is 1.25 bits per heavy atom. The highest BCUT2D eigenvalue weighted by atomic mass is 19.1. The first kappa shape index (κ1) is 18.3. The Balaban J connectivity index is 1.84. The summed E-state index contributed by atoms with van der Waals surface area (Å²) < 4.78 is 39.6. The molecule has 5 nitrogen and oxygen atoms in total. The number of halogens is 2. The van der Waals surface area contributed by atoms with Crippen LogP contribution in [0.1, 0.15) is 11.1 Å². The van der Waals surface area contributed by atoms with Crippen molar-refractivity contribution in [3.05, 3.63) is 65.7 Å². The van der Waals surface area contributed by atoms with Gasteiger partial charge in [0.2, 0.25) is 0 Å². The molecule has 28 heavy (non-hydrogen) atoms. The van der Waals surface area contributed by atoms with Crippen molar-refractivity contribution in [2.75, 3.05) is 19.7 Å². The number of nitriles is 1. The molecule has 0 spiro atoms. The lowest BCUT2D eigenvalue weighted by atomic mass is 9.90. The fraction of sp³-hybridized carbons (Fsp3) is 0.238. The second-order valence-electron chi connectivity index (χ2n) is 6.52. The summed E-state index contributed by atoms with van der Waals surface area (Å²) in [6.45, 7) is 2.09. The van der Waals surface area contributed by atoms with Crippen molar-refractivity contribution >= 4 is 0 Å². The number of oxazole rings is 1. The normalized spacial score (nSPS) is 16.7. The lowest BCUT2D eigenvalue weighted by Gasteiger charge is -2.25. The summed E-state index contributed by atoms with van der Waals surface area (Å²) in [5, 5.41) is 12.2. The minimum atomic E-state index is -0.731. The van der Waals surface area contributed by atoms with Crippen molar-refractivity contribution < 1.29 is 17.9 Å². The average Bonchev–Trinajstić information content (AvgIpc) is 3.14. The number of ether oxygens (including phenoxy) is 1. The van der Waals surface area contributed by atoms with Crippen LogP contribution in [0.2, 0.25) is 0 Å². The Bertz CT molecular complexity index is 1040. The van der Waals surface area contributed by atoms with Crippen LogP contribution in [0, 0.1) is 23.1 Å². The molecule has 4 rings (SSSR count). The van der Waals surface area contributed by atoms with Gasteiger partial charge in [-0.3, -0.25) is 0 Å². The van der Waals surface area contributed by atoms with Crippen LogP contribution >= 0.6 is 0 Å². The molecule has 7 heteroatoms. The molecule has 2 aromatic carbocycles. The van der Waals surface area contributed by atoms with Crippen LogP contribution < -0.4 is 5.32 Å². The van der Waals surface area contributed by atoms with E-state index in [4.69, 9.17) is 14.4 Å².